The SMILES string of the molecule is C=C/C(=C\C=C(/C)C(F)(F)F)CCNC(=O)[C@@H]1CNCC1C(=O)NCCc1ccc(C(F)(F)F)cc1. The lowest BCUT2D eigenvalue weighted by Gasteiger charge is -2.18. The molecule has 1 fully saturated rings. The summed E-state index contributed by atoms with van der Waals surface area (Å²) in [4.78, 5) is 25.2. The zero-order valence-electron chi connectivity index (χ0n) is 19.7. The first-order valence-electron chi connectivity index (χ1n) is 11.3. The molecule has 1 saturated heterocycles. The first-order chi connectivity index (χ1) is 16.8. The molecule has 36 heavy (non-hydrogen) atoms. The first-order valence-corrected chi connectivity index (χ1v) is 11.3. The molecule has 1 aromatic carbocycles. The third kappa shape index (κ3) is 8.85. The van der Waals surface area contributed by atoms with E-state index in [0.717, 1.165) is 25.1 Å². The lowest BCUT2D eigenvalue weighted by molar-refractivity contribution is -0.137. The van der Waals surface area contributed by atoms with Crippen molar-refractivity contribution in [2.75, 3.05) is 26.2 Å². The number of amides is 2. The minimum absolute atomic E-state index is 0.161. The van der Waals surface area contributed by atoms with Gasteiger partial charge in [0.25, 0.3) is 0 Å². The lowest BCUT2D eigenvalue weighted by atomic mass is 9.94. The molecule has 1 unspecified atom stereocenters. The highest BCUT2D eigenvalue weighted by atomic mass is 19.4. The highest BCUT2D eigenvalue weighted by Crippen LogP contribution is 2.29. The van der Waals surface area contributed by atoms with Crippen LogP contribution in [0.2, 0.25) is 0 Å². The van der Waals surface area contributed by atoms with Crippen molar-refractivity contribution >= 4 is 11.8 Å². The Balaban J connectivity index is 1.82. The smallest absolute Gasteiger partial charge is 0.355 e. The van der Waals surface area contributed by atoms with Crippen molar-refractivity contribution in [1.82, 2.24) is 16.0 Å². The van der Waals surface area contributed by atoms with Gasteiger partial charge >= 0.3 is 12.4 Å². The Labute approximate surface area is 205 Å². The Morgan fingerprint density at radius 2 is 1.53 bits per heavy atom. The van der Waals surface area contributed by atoms with E-state index in [2.05, 4.69) is 22.5 Å². The number of nitrogens with one attached hydrogen (secondary N) is 3. The molecule has 198 valence electrons. The van der Waals surface area contributed by atoms with E-state index in [1.807, 2.05) is 0 Å². The second-order valence-electron chi connectivity index (χ2n) is 8.44. The third-order valence-electron chi connectivity index (χ3n) is 5.85. The van der Waals surface area contributed by atoms with Crippen LogP contribution in [-0.4, -0.2) is 44.2 Å². The summed E-state index contributed by atoms with van der Waals surface area (Å²) >= 11 is 0. The summed E-state index contributed by atoms with van der Waals surface area (Å²) in [6.45, 7) is 5.48. The highest BCUT2D eigenvalue weighted by molar-refractivity contribution is 5.88. The maximum absolute atomic E-state index is 12.6. The van der Waals surface area contributed by atoms with Crippen LogP contribution in [0.4, 0.5) is 26.3 Å². The van der Waals surface area contributed by atoms with Crippen molar-refractivity contribution < 1.29 is 35.9 Å². The molecule has 1 aliphatic heterocycles. The van der Waals surface area contributed by atoms with Gasteiger partial charge in [0.1, 0.15) is 0 Å². The first kappa shape index (κ1) is 29.2. The maximum atomic E-state index is 12.6. The summed E-state index contributed by atoms with van der Waals surface area (Å²) in [5, 5.41) is 8.43. The van der Waals surface area contributed by atoms with E-state index in [9.17, 15) is 35.9 Å². The molecule has 0 spiro atoms. The van der Waals surface area contributed by atoms with E-state index in [0.29, 0.717) is 30.6 Å². The number of alkyl halides is 6. The van der Waals surface area contributed by atoms with Crippen LogP contribution >= 0.6 is 0 Å². The molecule has 2 atom stereocenters. The molecule has 0 aliphatic carbocycles. The largest absolute Gasteiger partial charge is 0.416 e. The van der Waals surface area contributed by atoms with E-state index in [4.69, 9.17) is 0 Å². The second-order valence-corrected chi connectivity index (χ2v) is 8.44. The maximum Gasteiger partial charge on any atom is 0.416 e. The fraction of sp³-hybridized carbons (Fsp3) is 0.440. The van der Waals surface area contributed by atoms with Crippen LogP contribution in [0.15, 0.2) is 60.2 Å². The molecule has 1 aromatic rings. The number of rotatable bonds is 10. The van der Waals surface area contributed by atoms with Gasteiger partial charge in [-0.1, -0.05) is 36.9 Å². The number of halogens is 6. The van der Waals surface area contributed by atoms with Crippen molar-refractivity contribution in [2.24, 2.45) is 11.8 Å². The van der Waals surface area contributed by atoms with E-state index < -0.39 is 35.3 Å². The van der Waals surface area contributed by atoms with Crippen molar-refractivity contribution in [1.29, 1.82) is 0 Å². The predicted octanol–water partition coefficient (Wildman–Crippen LogP) is 4.33. The average Bonchev–Trinajstić information content (AvgIpc) is 3.30. The number of hydrogen-bond acceptors (Lipinski definition) is 3. The number of hydrogen-bond donors (Lipinski definition) is 3. The highest BCUT2D eigenvalue weighted by Gasteiger charge is 2.37. The minimum atomic E-state index is -4.42. The monoisotopic (exact) mass is 517 g/mol. The molecular formula is C25H29F6N3O2. The topological polar surface area (TPSA) is 70.2 Å². The van der Waals surface area contributed by atoms with Crippen LogP contribution in [0.1, 0.15) is 24.5 Å². The van der Waals surface area contributed by atoms with Crippen molar-refractivity contribution in [3.8, 4) is 0 Å². The summed E-state index contributed by atoms with van der Waals surface area (Å²) in [7, 11) is 0. The molecule has 3 N–H and O–H groups in total. The van der Waals surface area contributed by atoms with Gasteiger partial charge in [0.15, 0.2) is 0 Å². The average molecular weight is 518 g/mol. The molecule has 2 amide bonds. The summed E-state index contributed by atoms with van der Waals surface area (Å²) in [5.41, 5.74) is -0.352. The van der Waals surface area contributed by atoms with E-state index in [1.54, 1.807) is 0 Å². The van der Waals surface area contributed by atoms with Gasteiger partial charge in [0.05, 0.1) is 17.4 Å². The van der Waals surface area contributed by atoms with Crippen LogP contribution < -0.4 is 16.0 Å². The van der Waals surface area contributed by atoms with Crippen LogP contribution in [0, 0.1) is 11.8 Å². The molecule has 5 nitrogen and oxygen atoms in total. The third-order valence-corrected chi connectivity index (χ3v) is 5.85. The molecular weight excluding hydrogens is 488 g/mol. The van der Waals surface area contributed by atoms with E-state index in [1.165, 1.54) is 24.3 Å². The Morgan fingerprint density at radius 3 is 2.03 bits per heavy atom. The van der Waals surface area contributed by atoms with Crippen molar-refractivity contribution in [3.05, 3.63) is 71.3 Å². The van der Waals surface area contributed by atoms with Gasteiger partial charge in [-0.05, 0) is 43.0 Å². The zero-order valence-corrected chi connectivity index (χ0v) is 19.7. The predicted molar refractivity (Wildman–Crippen MR) is 124 cm³/mol. The summed E-state index contributed by atoms with van der Waals surface area (Å²) in [5.74, 6) is -1.94. The minimum Gasteiger partial charge on any atom is -0.355 e. The van der Waals surface area contributed by atoms with Gasteiger partial charge in [-0.3, -0.25) is 9.59 Å². The number of allylic oxidation sites excluding steroid dienone is 4. The number of carbonyl (C=O) groups is 2. The van der Waals surface area contributed by atoms with Gasteiger partial charge in [-0.25, -0.2) is 0 Å². The van der Waals surface area contributed by atoms with Crippen LogP contribution in [0.3, 0.4) is 0 Å². The molecule has 1 aliphatic rings. The zero-order chi connectivity index (χ0) is 26.9. The van der Waals surface area contributed by atoms with Crippen LogP contribution in [0.5, 0.6) is 0 Å². The summed E-state index contributed by atoms with van der Waals surface area (Å²) in [6, 6.07) is 4.68. The van der Waals surface area contributed by atoms with Crippen molar-refractivity contribution in [3.63, 3.8) is 0 Å². The van der Waals surface area contributed by atoms with Crippen LogP contribution in [0.25, 0.3) is 0 Å². The quantitative estimate of drug-likeness (QED) is 0.320. The van der Waals surface area contributed by atoms with Gasteiger partial charge in [-0.2, -0.15) is 26.3 Å². The van der Waals surface area contributed by atoms with Gasteiger partial charge in [0.2, 0.25) is 11.8 Å². The van der Waals surface area contributed by atoms with Gasteiger partial charge < -0.3 is 16.0 Å². The lowest BCUT2D eigenvalue weighted by Crippen LogP contribution is -2.42. The molecule has 2 rings (SSSR count). The van der Waals surface area contributed by atoms with Gasteiger partial charge in [0, 0.05) is 31.8 Å². The number of benzene rings is 1. The Morgan fingerprint density at radius 1 is 0.972 bits per heavy atom. The van der Waals surface area contributed by atoms with E-state index >= 15 is 0 Å². The fourth-order valence-corrected chi connectivity index (χ4v) is 3.59. The molecule has 0 saturated carbocycles. The Hall–Kier alpha value is -3.08. The normalized spacial score (nSPS) is 19.2. The Bertz CT molecular complexity index is 981. The van der Waals surface area contributed by atoms with Crippen LogP contribution in [-0.2, 0) is 22.2 Å². The molecule has 0 radical (unpaired) electrons. The molecule has 1 heterocycles. The fourth-order valence-electron chi connectivity index (χ4n) is 3.59. The second kappa shape index (κ2) is 12.8. The molecule has 11 heteroatoms. The van der Waals surface area contributed by atoms with Gasteiger partial charge in [-0.15, -0.1) is 0 Å². The molecule has 0 bridgehead atoms. The van der Waals surface area contributed by atoms with E-state index in [-0.39, 0.29) is 31.3 Å². The summed E-state index contributed by atoms with van der Waals surface area (Å²) < 4.78 is 75.7. The number of carbonyl (C=O) groups excluding carboxylic acids is 2. The molecule has 0 aromatic heterocycles. The standard InChI is InChI=1S/C25H29F6N3O2/c1-3-17(5-4-16(2)24(26,27)28)10-12-33-22(35)20-14-32-15-21(20)23(36)34-13-11-18-6-8-19(9-7-18)25(29,30)31/h3-9,20-21,32H,1,10-15H2,2H3,(H,33,35)(H,34,36)/b16-4+,17-5+/t20-,21?/m1/s1. The van der Waals surface area contributed by atoms with Crippen molar-refractivity contribution in [2.45, 2.75) is 32.1 Å². The summed E-state index contributed by atoms with van der Waals surface area (Å²) in [6.07, 6.45) is -4.57. The Kier molecular flexibility index (Phi) is 10.3.